The number of para-hydroxylation sites is 1. The molecule has 1 N–H and O–H groups in total. The van der Waals surface area contributed by atoms with Crippen molar-refractivity contribution in [1.82, 2.24) is 14.8 Å². The molecule has 1 unspecified atom stereocenters. The maximum absolute atomic E-state index is 6.33. The van der Waals surface area contributed by atoms with Crippen LogP contribution in [0.15, 0.2) is 46.8 Å². The summed E-state index contributed by atoms with van der Waals surface area (Å²) in [4.78, 5) is 5.22. The van der Waals surface area contributed by atoms with Crippen molar-refractivity contribution in [2.75, 3.05) is 5.32 Å². The van der Waals surface area contributed by atoms with Crippen LogP contribution in [0.2, 0.25) is 5.02 Å². The number of aromatic nitrogens is 3. The van der Waals surface area contributed by atoms with Gasteiger partial charge in [-0.1, -0.05) is 17.7 Å². The summed E-state index contributed by atoms with van der Waals surface area (Å²) in [7, 11) is 0. The molecule has 0 aliphatic heterocycles. The lowest BCUT2D eigenvalue weighted by molar-refractivity contribution is 0.859. The molecule has 0 fully saturated rings. The monoisotopic (exact) mass is 382 g/mol. The second kappa shape index (κ2) is 6.17. The van der Waals surface area contributed by atoms with Gasteiger partial charge in [0, 0.05) is 9.35 Å². The topological polar surface area (TPSA) is 42.7 Å². The van der Waals surface area contributed by atoms with Crippen LogP contribution in [0.25, 0.3) is 5.69 Å². The first-order chi connectivity index (χ1) is 10.2. The molecule has 0 amide bonds. The SMILES string of the molecule is CC(Nc1cccc(Cl)c1-n1cncn1)c1sccc1Br. The van der Waals surface area contributed by atoms with E-state index < -0.39 is 0 Å². The van der Waals surface area contributed by atoms with Crippen molar-refractivity contribution >= 4 is 44.6 Å². The van der Waals surface area contributed by atoms with Crippen LogP contribution < -0.4 is 5.32 Å². The van der Waals surface area contributed by atoms with Crippen molar-refractivity contribution < 1.29 is 0 Å². The van der Waals surface area contributed by atoms with Crippen LogP contribution in [0.3, 0.4) is 0 Å². The van der Waals surface area contributed by atoms with Gasteiger partial charge in [-0.2, -0.15) is 5.10 Å². The summed E-state index contributed by atoms with van der Waals surface area (Å²) in [5.41, 5.74) is 1.72. The Labute approximate surface area is 139 Å². The van der Waals surface area contributed by atoms with E-state index in [2.05, 4.69) is 49.7 Å². The van der Waals surface area contributed by atoms with Crippen molar-refractivity contribution in [1.29, 1.82) is 0 Å². The van der Waals surface area contributed by atoms with Crippen molar-refractivity contribution in [2.24, 2.45) is 0 Å². The predicted molar refractivity (Wildman–Crippen MR) is 90.4 cm³/mol. The van der Waals surface area contributed by atoms with E-state index in [0.717, 1.165) is 15.8 Å². The van der Waals surface area contributed by atoms with Gasteiger partial charge < -0.3 is 5.32 Å². The third-order valence-electron chi connectivity index (χ3n) is 3.04. The van der Waals surface area contributed by atoms with Crippen molar-refractivity contribution in [3.63, 3.8) is 0 Å². The van der Waals surface area contributed by atoms with Crippen LogP contribution in [0.4, 0.5) is 5.69 Å². The smallest absolute Gasteiger partial charge is 0.138 e. The van der Waals surface area contributed by atoms with E-state index in [0.29, 0.717) is 5.02 Å². The number of nitrogens with zero attached hydrogens (tertiary/aromatic N) is 3. The normalized spacial score (nSPS) is 12.3. The molecule has 4 nitrogen and oxygen atoms in total. The highest BCUT2D eigenvalue weighted by Gasteiger charge is 2.15. The number of rotatable bonds is 4. The molecule has 3 rings (SSSR count). The summed E-state index contributed by atoms with van der Waals surface area (Å²) in [6.07, 6.45) is 3.13. The Morgan fingerprint density at radius 1 is 1.38 bits per heavy atom. The fourth-order valence-corrected chi connectivity index (χ4v) is 4.09. The first kappa shape index (κ1) is 14.6. The lowest BCUT2D eigenvalue weighted by atomic mass is 10.2. The Bertz CT molecular complexity index is 741. The highest BCUT2D eigenvalue weighted by atomic mass is 79.9. The van der Waals surface area contributed by atoms with Crippen molar-refractivity contribution in [3.8, 4) is 5.69 Å². The van der Waals surface area contributed by atoms with Gasteiger partial charge in [0.25, 0.3) is 0 Å². The first-order valence-corrected chi connectivity index (χ1v) is 8.35. The summed E-state index contributed by atoms with van der Waals surface area (Å²) in [6.45, 7) is 2.11. The highest BCUT2D eigenvalue weighted by molar-refractivity contribution is 9.10. The van der Waals surface area contributed by atoms with Crippen LogP contribution in [-0.4, -0.2) is 14.8 Å². The van der Waals surface area contributed by atoms with E-state index in [1.807, 2.05) is 18.2 Å². The minimum atomic E-state index is 0.153. The zero-order valence-corrected chi connectivity index (χ0v) is 14.3. The van der Waals surface area contributed by atoms with Gasteiger partial charge in [-0.25, -0.2) is 9.67 Å². The molecule has 0 aliphatic carbocycles. The van der Waals surface area contributed by atoms with Crippen LogP contribution >= 0.6 is 38.9 Å². The molecule has 21 heavy (non-hydrogen) atoms. The average molecular weight is 384 g/mol. The number of anilines is 1. The fraction of sp³-hybridized carbons (Fsp3) is 0.143. The van der Waals surface area contributed by atoms with Crippen LogP contribution in [0, 0.1) is 0 Å². The molecule has 0 saturated carbocycles. The van der Waals surface area contributed by atoms with E-state index in [-0.39, 0.29) is 6.04 Å². The molecule has 3 aromatic rings. The average Bonchev–Trinajstić information content (AvgIpc) is 3.10. The molecule has 0 aliphatic rings. The summed E-state index contributed by atoms with van der Waals surface area (Å²) in [5.74, 6) is 0. The van der Waals surface area contributed by atoms with E-state index in [1.165, 1.54) is 11.2 Å². The second-order valence-electron chi connectivity index (χ2n) is 4.47. The number of benzene rings is 1. The molecule has 2 aromatic heterocycles. The number of hydrogen-bond donors (Lipinski definition) is 1. The first-order valence-electron chi connectivity index (χ1n) is 6.29. The Morgan fingerprint density at radius 2 is 2.24 bits per heavy atom. The van der Waals surface area contributed by atoms with Gasteiger partial charge >= 0.3 is 0 Å². The second-order valence-corrected chi connectivity index (χ2v) is 6.68. The van der Waals surface area contributed by atoms with Gasteiger partial charge in [0.1, 0.15) is 18.3 Å². The van der Waals surface area contributed by atoms with Gasteiger partial charge in [0.2, 0.25) is 0 Å². The molecule has 1 aromatic carbocycles. The Balaban J connectivity index is 1.96. The van der Waals surface area contributed by atoms with E-state index in [4.69, 9.17) is 11.6 Å². The van der Waals surface area contributed by atoms with Gasteiger partial charge in [-0.05, 0) is 46.4 Å². The zero-order valence-electron chi connectivity index (χ0n) is 11.1. The molecular weight excluding hydrogens is 372 g/mol. The molecule has 0 bridgehead atoms. The molecule has 7 heteroatoms. The van der Waals surface area contributed by atoms with Gasteiger partial charge in [0.05, 0.1) is 16.8 Å². The fourth-order valence-electron chi connectivity index (χ4n) is 2.10. The molecule has 0 radical (unpaired) electrons. The van der Waals surface area contributed by atoms with Crippen LogP contribution in [-0.2, 0) is 0 Å². The van der Waals surface area contributed by atoms with E-state index in [9.17, 15) is 0 Å². The Hall–Kier alpha value is -1.37. The lowest BCUT2D eigenvalue weighted by Gasteiger charge is -2.18. The van der Waals surface area contributed by atoms with Crippen molar-refractivity contribution in [3.05, 3.63) is 56.7 Å². The number of nitrogens with one attached hydrogen (secondary N) is 1. The third kappa shape index (κ3) is 2.97. The third-order valence-corrected chi connectivity index (χ3v) is 5.40. The predicted octanol–water partition coefficient (Wildman–Crippen LogP) is 4.92. The van der Waals surface area contributed by atoms with Crippen molar-refractivity contribution in [2.45, 2.75) is 13.0 Å². The highest BCUT2D eigenvalue weighted by Crippen LogP contribution is 2.34. The summed E-state index contributed by atoms with van der Waals surface area (Å²) in [5, 5.41) is 10.4. The number of halogens is 2. The minimum Gasteiger partial charge on any atom is -0.376 e. The molecule has 0 saturated heterocycles. The maximum Gasteiger partial charge on any atom is 0.138 e. The summed E-state index contributed by atoms with van der Waals surface area (Å²) >= 11 is 11.6. The maximum atomic E-state index is 6.33. The standard InChI is InChI=1S/C14H12BrClN4S/c1-9(14-10(15)5-6-21-14)19-12-4-2-3-11(16)13(12)20-8-17-7-18-20/h2-9,19H,1H3. The van der Waals surface area contributed by atoms with Gasteiger partial charge in [0.15, 0.2) is 0 Å². The molecule has 2 heterocycles. The van der Waals surface area contributed by atoms with E-state index >= 15 is 0 Å². The van der Waals surface area contributed by atoms with E-state index in [1.54, 1.807) is 22.3 Å². The molecule has 108 valence electrons. The largest absolute Gasteiger partial charge is 0.376 e. The molecule has 0 spiro atoms. The minimum absolute atomic E-state index is 0.153. The lowest BCUT2D eigenvalue weighted by Crippen LogP contribution is -2.09. The summed E-state index contributed by atoms with van der Waals surface area (Å²) < 4.78 is 2.78. The van der Waals surface area contributed by atoms with Gasteiger partial charge in [-0.3, -0.25) is 0 Å². The van der Waals surface area contributed by atoms with Crippen LogP contribution in [0.1, 0.15) is 17.8 Å². The number of hydrogen-bond acceptors (Lipinski definition) is 4. The zero-order chi connectivity index (χ0) is 14.8. The quantitative estimate of drug-likeness (QED) is 0.695. The number of thiophene rings is 1. The van der Waals surface area contributed by atoms with Gasteiger partial charge in [-0.15, -0.1) is 11.3 Å². The van der Waals surface area contributed by atoms with Crippen LogP contribution in [0.5, 0.6) is 0 Å². The molecule has 1 atom stereocenters. The Kier molecular flexibility index (Phi) is 4.28. The summed E-state index contributed by atoms with van der Waals surface area (Å²) in [6, 6.07) is 7.95. The molecular formula is C14H12BrClN4S. The Morgan fingerprint density at radius 3 is 2.90 bits per heavy atom.